The smallest absolute Gasteiger partial charge is 0.0826 e. The maximum Gasteiger partial charge on any atom is 0.0826 e. The van der Waals surface area contributed by atoms with Gasteiger partial charge in [0.15, 0.2) is 0 Å². The number of nitrogens with one attached hydrogen (secondary N) is 1. The molecule has 0 aliphatic carbocycles. The summed E-state index contributed by atoms with van der Waals surface area (Å²) < 4.78 is 5.67. The number of nitrogens with zero attached hydrogens (tertiary/aromatic N) is 3. The van der Waals surface area contributed by atoms with Crippen LogP contribution in [-0.2, 0) is 11.3 Å². The van der Waals surface area contributed by atoms with E-state index in [-0.39, 0.29) is 6.10 Å². The van der Waals surface area contributed by atoms with Crippen molar-refractivity contribution in [1.29, 1.82) is 0 Å². The molecule has 1 N–H and O–H groups in total. The van der Waals surface area contributed by atoms with Crippen LogP contribution in [0.1, 0.15) is 11.4 Å². The molecule has 1 aliphatic rings. The highest BCUT2D eigenvalue weighted by atomic mass is 16.5. The first-order valence-electron chi connectivity index (χ1n) is 6.02. The summed E-state index contributed by atoms with van der Waals surface area (Å²) in [7, 11) is 2.13. The van der Waals surface area contributed by atoms with Gasteiger partial charge in [0.05, 0.1) is 24.1 Å². The molecular formula is C12H20N4O. The third-order valence-corrected chi connectivity index (χ3v) is 2.85. The number of likely N-dealkylation sites (N-methyl/N-ethyl adjacent to an activating group) is 1. The van der Waals surface area contributed by atoms with E-state index in [0.717, 1.165) is 44.2 Å². The minimum absolute atomic E-state index is 0.284. The second kappa shape index (κ2) is 6.05. The zero-order valence-corrected chi connectivity index (χ0v) is 10.5. The van der Waals surface area contributed by atoms with Gasteiger partial charge in [-0.3, -0.25) is 9.97 Å². The molecule has 1 unspecified atom stereocenters. The van der Waals surface area contributed by atoms with Gasteiger partial charge in [-0.25, -0.2) is 0 Å². The Labute approximate surface area is 102 Å². The van der Waals surface area contributed by atoms with Crippen molar-refractivity contribution in [2.24, 2.45) is 0 Å². The molecule has 0 spiro atoms. The molecule has 1 fully saturated rings. The largest absolute Gasteiger partial charge is 0.374 e. The van der Waals surface area contributed by atoms with Crippen LogP contribution in [0.3, 0.4) is 0 Å². The average Bonchev–Trinajstić information content (AvgIpc) is 2.32. The van der Waals surface area contributed by atoms with Crippen LogP contribution in [0, 0.1) is 6.92 Å². The fraction of sp³-hybridized carbons (Fsp3) is 0.667. The molecule has 5 heteroatoms. The Bertz CT molecular complexity index is 341. The fourth-order valence-corrected chi connectivity index (χ4v) is 1.86. The number of rotatable bonds is 4. The number of hydrogen-bond acceptors (Lipinski definition) is 5. The normalized spacial score (nSPS) is 21.6. The summed E-state index contributed by atoms with van der Waals surface area (Å²) in [6.07, 6.45) is 3.89. The van der Waals surface area contributed by atoms with Crippen molar-refractivity contribution in [3.05, 3.63) is 23.8 Å². The predicted octanol–water partition coefficient (Wildman–Crippen LogP) is 0.205. The van der Waals surface area contributed by atoms with Crippen molar-refractivity contribution in [3.63, 3.8) is 0 Å². The lowest BCUT2D eigenvalue weighted by atomic mass is 10.3. The molecule has 0 aromatic carbocycles. The van der Waals surface area contributed by atoms with Gasteiger partial charge in [-0.05, 0) is 14.0 Å². The highest BCUT2D eigenvalue weighted by Gasteiger charge is 2.16. The quantitative estimate of drug-likeness (QED) is 0.809. The Morgan fingerprint density at radius 3 is 3.06 bits per heavy atom. The van der Waals surface area contributed by atoms with E-state index in [1.807, 2.05) is 13.1 Å². The summed E-state index contributed by atoms with van der Waals surface area (Å²) in [5.41, 5.74) is 1.92. The molecule has 0 saturated carbocycles. The van der Waals surface area contributed by atoms with Gasteiger partial charge < -0.3 is 15.0 Å². The number of hydrogen-bond donors (Lipinski definition) is 1. The van der Waals surface area contributed by atoms with Crippen molar-refractivity contribution < 1.29 is 4.74 Å². The van der Waals surface area contributed by atoms with Gasteiger partial charge in [0.1, 0.15) is 0 Å². The van der Waals surface area contributed by atoms with Crippen molar-refractivity contribution in [1.82, 2.24) is 20.2 Å². The van der Waals surface area contributed by atoms with Gasteiger partial charge in [0.2, 0.25) is 0 Å². The highest BCUT2D eigenvalue weighted by molar-refractivity contribution is 5.00. The second-order valence-electron chi connectivity index (χ2n) is 4.54. The standard InChI is InChI=1S/C12H20N4O/c1-10-5-15-11(7-14-10)6-13-8-12-9-16(2)3-4-17-12/h5,7,12-13H,3-4,6,8-9H2,1-2H3. The van der Waals surface area contributed by atoms with Crippen LogP contribution >= 0.6 is 0 Å². The first-order chi connectivity index (χ1) is 8.24. The highest BCUT2D eigenvalue weighted by Crippen LogP contribution is 2.02. The molecule has 17 heavy (non-hydrogen) atoms. The molecule has 1 saturated heterocycles. The summed E-state index contributed by atoms with van der Waals surface area (Å²) in [5.74, 6) is 0. The van der Waals surface area contributed by atoms with Gasteiger partial charge in [-0.1, -0.05) is 0 Å². The monoisotopic (exact) mass is 236 g/mol. The molecule has 0 bridgehead atoms. The molecule has 0 amide bonds. The molecule has 1 aromatic rings. The van der Waals surface area contributed by atoms with Crippen molar-refractivity contribution in [2.45, 2.75) is 19.6 Å². The van der Waals surface area contributed by atoms with Crippen LogP contribution in [-0.4, -0.2) is 54.3 Å². The number of aromatic nitrogens is 2. The van der Waals surface area contributed by atoms with Crippen LogP contribution < -0.4 is 5.32 Å². The lowest BCUT2D eigenvalue weighted by Crippen LogP contribution is -2.44. The molecule has 5 nitrogen and oxygen atoms in total. The third-order valence-electron chi connectivity index (χ3n) is 2.85. The predicted molar refractivity (Wildman–Crippen MR) is 65.7 cm³/mol. The molecule has 2 heterocycles. The lowest BCUT2D eigenvalue weighted by Gasteiger charge is -2.30. The summed E-state index contributed by atoms with van der Waals surface area (Å²) in [5, 5.41) is 3.36. The molecular weight excluding hydrogens is 216 g/mol. The summed E-state index contributed by atoms with van der Waals surface area (Å²) in [6.45, 7) is 6.40. The maximum absolute atomic E-state index is 5.67. The maximum atomic E-state index is 5.67. The Hall–Kier alpha value is -1.04. The van der Waals surface area contributed by atoms with E-state index < -0.39 is 0 Å². The summed E-state index contributed by atoms with van der Waals surface area (Å²) in [6, 6.07) is 0. The molecule has 1 aromatic heterocycles. The molecule has 0 radical (unpaired) electrons. The summed E-state index contributed by atoms with van der Waals surface area (Å²) in [4.78, 5) is 10.8. The number of aryl methyl sites for hydroxylation is 1. The van der Waals surface area contributed by atoms with E-state index >= 15 is 0 Å². The zero-order valence-electron chi connectivity index (χ0n) is 10.5. The number of ether oxygens (including phenoxy) is 1. The molecule has 1 atom stereocenters. The van der Waals surface area contributed by atoms with E-state index in [2.05, 4.69) is 27.2 Å². The average molecular weight is 236 g/mol. The minimum Gasteiger partial charge on any atom is -0.374 e. The van der Waals surface area contributed by atoms with Crippen LogP contribution in [0.2, 0.25) is 0 Å². The fourth-order valence-electron chi connectivity index (χ4n) is 1.86. The van der Waals surface area contributed by atoms with Crippen LogP contribution in [0.15, 0.2) is 12.4 Å². The second-order valence-corrected chi connectivity index (χ2v) is 4.54. The molecule has 94 valence electrons. The van der Waals surface area contributed by atoms with Crippen LogP contribution in [0.5, 0.6) is 0 Å². The van der Waals surface area contributed by atoms with Crippen molar-refractivity contribution in [3.8, 4) is 0 Å². The van der Waals surface area contributed by atoms with Gasteiger partial charge in [-0.15, -0.1) is 0 Å². The van der Waals surface area contributed by atoms with E-state index in [4.69, 9.17) is 4.74 Å². The van der Waals surface area contributed by atoms with Crippen LogP contribution in [0.25, 0.3) is 0 Å². The Morgan fingerprint density at radius 2 is 2.35 bits per heavy atom. The minimum atomic E-state index is 0.284. The van der Waals surface area contributed by atoms with Crippen molar-refractivity contribution >= 4 is 0 Å². The zero-order chi connectivity index (χ0) is 12.1. The summed E-state index contributed by atoms with van der Waals surface area (Å²) >= 11 is 0. The van der Waals surface area contributed by atoms with Gasteiger partial charge >= 0.3 is 0 Å². The number of morpholine rings is 1. The first kappa shape index (κ1) is 12.4. The molecule has 1 aliphatic heterocycles. The Morgan fingerprint density at radius 1 is 1.47 bits per heavy atom. The van der Waals surface area contributed by atoms with E-state index in [1.54, 1.807) is 6.20 Å². The topological polar surface area (TPSA) is 50.3 Å². The Kier molecular flexibility index (Phi) is 4.42. The van der Waals surface area contributed by atoms with Crippen molar-refractivity contribution in [2.75, 3.05) is 33.3 Å². The molecule has 2 rings (SSSR count). The van der Waals surface area contributed by atoms with Gasteiger partial charge in [0, 0.05) is 38.6 Å². The van der Waals surface area contributed by atoms with E-state index in [1.165, 1.54) is 0 Å². The first-order valence-corrected chi connectivity index (χ1v) is 6.02. The van der Waals surface area contributed by atoms with E-state index in [0.29, 0.717) is 0 Å². The Balaban J connectivity index is 1.70. The third kappa shape index (κ3) is 4.03. The SMILES string of the molecule is Cc1cnc(CNCC2CN(C)CCO2)cn1. The van der Waals surface area contributed by atoms with Gasteiger partial charge in [0.25, 0.3) is 0 Å². The van der Waals surface area contributed by atoms with E-state index in [9.17, 15) is 0 Å². The van der Waals surface area contributed by atoms with Crippen LogP contribution in [0.4, 0.5) is 0 Å². The van der Waals surface area contributed by atoms with Gasteiger partial charge in [-0.2, -0.15) is 0 Å². The lowest BCUT2D eigenvalue weighted by molar-refractivity contribution is -0.0182.